The van der Waals surface area contributed by atoms with Gasteiger partial charge in [-0.15, -0.1) is 0 Å². The Kier molecular flexibility index (Phi) is 16.0. The van der Waals surface area contributed by atoms with E-state index >= 15 is 0 Å². The van der Waals surface area contributed by atoms with Crippen LogP contribution in [0.5, 0.6) is 0 Å². The summed E-state index contributed by atoms with van der Waals surface area (Å²) < 4.78 is 0. The molecule has 6 aromatic carbocycles. The smallest absolute Gasteiger partial charge is 0.163 e. The van der Waals surface area contributed by atoms with Crippen LogP contribution in [-0.4, -0.2) is 11.6 Å². The van der Waals surface area contributed by atoms with Gasteiger partial charge in [0, 0.05) is 35.1 Å². The number of hydrogen-bond acceptors (Lipinski definition) is 2. The molecule has 0 aliphatic heterocycles. The van der Waals surface area contributed by atoms with E-state index in [1.807, 2.05) is 135 Å². The van der Waals surface area contributed by atoms with E-state index in [2.05, 4.69) is 60.4 Å². The molecule has 0 bridgehead atoms. The highest BCUT2D eigenvalue weighted by Crippen LogP contribution is 2.33. The molecule has 2 nitrogen and oxygen atoms in total. The van der Waals surface area contributed by atoms with E-state index < -0.39 is 0 Å². The summed E-state index contributed by atoms with van der Waals surface area (Å²) in [6.07, 6.45) is 7.61. The van der Waals surface area contributed by atoms with E-state index in [0.717, 1.165) is 76.6 Å². The van der Waals surface area contributed by atoms with E-state index in [0.29, 0.717) is 12.2 Å². The molecule has 0 atom stereocenters. The Morgan fingerprint density at radius 3 is 1.55 bits per heavy atom. The highest BCUT2D eigenvalue weighted by molar-refractivity contribution is 6.06. The molecular formula is C51H50O2. The third kappa shape index (κ3) is 11.5. The maximum atomic E-state index is 12.7. The van der Waals surface area contributed by atoms with E-state index in [1.54, 1.807) is 0 Å². The molecule has 266 valence electrons. The topological polar surface area (TPSA) is 34.1 Å². The van der Waals surface area contributed by atoms with Crippen LogP contribution in [0.4, 0.5) is 0 Å². The summed E-state index contributed by atoms with van der Waals surface area (Å²) in [7, 11) is 0. The normalized spacial score (nSPS) is 12.5. The molecule has 0 amide bonds. The second-order valence-corrected chi connectivity index (χ2v) is 12.4. The second-order valence-electron chi connectivity index (χ2n) is 12.4. The summed E-state index contributed by atoms with van der Waals surface area (Å²) in [5.74, 6) is 6.80. The first kappa shape index (κ1) is 39.7. The van der Waals surface area contributed by atoms with Crippen molar-refractivity contribution in [2.24, 2.45) is 0 Å². The molecular weight excluding hydrogens is 645 g/mol. The fourth-order valence-corrected chi connectivity index (χ4v) is 6.35. The number of rotatable bonds is 3. The second kappa shape index (κ2) is 21.4. The van der Waals surface area contributed by atoms with Gasteiger partial charge in [-0.05, 0) is 89.4 Å². The number of hydrogen-bond donors (Lipinski definition) is 0. The standard InChI is InChI=1S/C24H20O.C14H10.C10H10O.C2H6.CH4/c25-23-16-8-14-20-13-7-15-21(24(20)23)22(19-11-5-2-6-12-19)17-18-9-3-1-4-10-18;1-3-7-13(8-4-1)11-12-14-9-5-2-6-10-14;11-10-7-3-5-8-4-1-2-6-9(8)10;1-2;/h1-7,9-13,15,17H,8,14,16H2;1-10H;1-2,4,6H,3,5,7H2;1-2H3;1H4. The molecule has 0 heterocycles. The molecule has 0 N–H and O–H groups in total. The Labute approximate surface area is 317 Å². The monoisotopic (exact) mass is 694 g/mol. The van der Waals surface area contributed by atoms with E-state index in [9.17, 15) is 9.59 Å². The number of Topliss-reactive ketones (excluding diaryl/α,β-unsaturated/α-hetero) is 2. The molecule has 6 aromatic rings. The van der Waals surface area contributed by atoms with Gasteiger partial charge in [-0.25, -0.2) is 0 Å². The van der Waals surface area contributed by atoms with Crippen LogP contribution in [-0.2, 0) is 12.8 Å². The molecule has 0 saturated heterocycles. The van der Waals surface area contributed by atoms with Gasteiger partial charge in [0.1, 0.15) is 0 Å². The van der Waals surface area contributed by atoms with Crippen LogP contribution >= 0.6 is 0 Å². The molecule has 0 spiro atoms. The largest absolute Gasteiger partial charge is 0.294 e. The molecule has 2 aliphatic carbocycles. The van der Waals surface area contributed by atoms with Gasteiger partial charge >= 0.3 is 0 Å². The number of carbonyl (C=O) groups excluding carboxylic acids is 2. The quantitative estimate of drug-likeness (QED) is 0.136. The summed E-state index contributed by atoms with van der Waals surface area (Å²) in [5, 5.41) is 0. The summed E-state index contributed by atoms with van der Waals surface area (Å²) in [6.45, 7) is 4.00. The Hall–Kier alpha value is -6.04. The highest BCUT2D eigenvalue weighted by atomic mass is 16.1. The van der Waals surface area contributed by atoms with Crippen LogP contribution in [0.1, 0.15) is 107 Å². The lowest BCUT2D eigenvalue weighted by atomic mass is 9.83. The van der Waals surface area contributed by atoms with Crippen molar-refractivity contribution in [3.05, 3.63) is 214 Å². The summed E-state index contributed by atoms with van der Waals surface area (Å²) in [4.78, 5) is 24.0. The van der Waals surface area contributed by atoms with Crippen molar-refractivity contribution in [3.8, 4) is 11.8 Å². The molecule has 0 aromatic heterocycles. The van der Waals surface area contributed by atoms with Crippen molar-refractivity contribution in [3.63, 3.8) is 0 Å². The van der Waals surface area contributed by atoms with Gasteiger partial charge in [-0.1, -0.05) is 173 Å². The third-order valence-electron chi connectivity index (χ3n) is 8.83. The maximum Gasteiger partial charge on any atom is 0.163 e. The molecule has 2 heteroatoms. The fourth-order valence-electron chi connectivity index (χ4n) is 6.35. The van der Waals surface area contributed by atoms with Crippen LogP contribution in [0, 0.1) is 11.8 Å². The zero-order chi connectivity index (χ0) is 36.4. The summed E-state index contributed by atoms with van der Waals surface area (Å²) in [5.41, 5.74) is 10.8. The maximum absolute atomic E-state index is 12.7. The van der Waals surface area contributed by atoms with Gasteiger partial charge in [0.05, 0.1) is 0 Å². The average molecular weight is 695 g/mol. The highest BCUT2D eigenvalue weighted by Gasteiger charge is 2.22. The van der Waals surface area contributed by atoms with Crippen LogP contribution in [0.25, 0.3) is 11.6 Å². The van der Waals surface area contributed by atoms with Crippen molar-refractivity contribution in [2.45, 2.75) is 59.8 Å². The molecule has 53 heavy (non-hydrogen) atoms. The van der Waals surface area contributed by atoms with Crippen molar-refractivity contribution in [2.75, 3.05) is 0 Å². The predicted octanol–water partition coefficient (Wildman–Crippen LogP) is 12.7. The minimum absolute atomic E-state index is 0. The lowest BCUT2D eigenvalue weighted by Gasteiger charge is -2.20. The average Bonchev–Trinajstić information content (AvgIpc) is 3.22. The van der Waals surface area contributed by atoms with E-state index in [4.69, 9.17) is 0 Å². The van der Waals surface area contributed by atoms with Gasteiger partial charge in [0.15, 0.2) is 11.6 Å². The first-order valence-electron chi connectivity index (χ1n) is 18.4. The van der Waals surface area contributed by atoms with Crippen molar-refractivity contribution in [1.82, 2.24) is 0 Å². The lowest BCUT2D eigenvalue weighted by Crippen LogP contribution is -2.13. The molecule has 0 radical (unpaired) electrons. The van der Waals surface area contributed by atoms with Crippen LogP contribution < -0.4 is 0 Å². The van der Waals surface area contributed by atoms with E-state index in [-0.39, 0.29) is 13.2 Å². The molecule has 8 rings (SSSR count). The Bertz CT molecular complexity index is 2070. The Balaban J connectivity index is 0.000000189. The number of benzene rings is 6. The minimum Gasteiger partial charge on any atom is -0.294 e. The van der Waals surface area contributed by atoms with Gasteiger partial charge in [0.2, 0.25) is 0 Å². The Morgan fingerprint density at radius 2 is 0.962 bits per heavy atom. The summed E-state index contributed by atoms with van der Waals surface area (Å²) >= 11 is 0. The first-order valence-corrected chi connectivity index (χ1v) is 18.4. The van der Waals surface area contributed by atoms with Gasteiger partial charge < -0.3 is 0 Å². The number of carbonyl (C=O) groups is 2. The zero-order valence-corrected chi connectivity index (χ0v) is 30.2. The van der Waals surface area contributed by atoms with Crippen molar-refractivity contribution >= 4 is 23.2 Å². The van der Waals surface area contributed by atoms with Crippen LogP contribution in [0.2, 0.25) is 0 Å². The minimum atomic E-state index is 0. The number of aryl methyl sites for hydroxylation is 2. The third-order valence-corrected chi connectivity index (χ3v) is 8.83. The van der Waals surface area contributed by atoms with Crippen LogP contribution in [0.3, 0.4) is 0 Å². The van der Waals surface area contributed by atoms with Crippen LogP contribution in [0.15, 0.2) is 164 Å². The molecule has 2 aliphatic rings. The molecule has 0 fully saturated rings. The Morgan fingerprint density at radius 1 is 0.491 bits per heavy atom. The predicted molar refractivity (Wildman–Crippen MR) is 224 cm³/mol. The van der Waals surface area contributed by atoms with Crippen molar-refractivity contribution in [1.29, 1.82) is 0 Å². The lowest BCUT2D eigenvalue weighted by molar-refractivity contribution is 0.0964. The van der Waals surface area contributed by atoms with Gasteiger partial charge in [-0.3, -0.25) is 9.59 Å². The molecule has 0 unspecified atom stereocenters. The van der Waals surface area contributed by atoms with Gasteiger partial charge in [-0.2, -0.15) is 0 Å². The fraction of sp³-hybridized carbons (Fsp3) is 0.176. The van der Waals surface area contributed by atoms with Crippen molar-refractivity contribution < 1.29 is 9.59 Å². The van der Waals surface area contributed by atoms with Gasteiger partial charge in [0.25, 0.3) is 0 Å². The molecule has 0 saturated carbocycles. The summed E-state index contributed by atoms with van der Waals surface area (Å²) in [6, 6.07) is 54.8. The first-order chi connectivity index (χ1) is 25.7. The zero-order valence-electron chi connectivity index (χ0n) is 30.2. The number of fused-ring (bicyclic) bond motifs is 2. The number of ketones is 2. The van der Waals surface area contributed by atoms with E-state index in [1.165, 1.54) is 11.1 Å². The SMILES string of the molecule is C.C(#Cc1ccccc1)c1ccccc1.CC.O=C1CCCc2cccc(C(=Cc3ccccc3)c3ccccc3)c21.O=C1CCCc2ccccc21.